The number of carbonyl (C=O) groups excluding carboxylic acids is 3. The predicted octanol–water partition coefficient (Wildman–Crippen LogP) is 5.11. The lowest BCUT2D eigenvalue weighted by Gasteiger charge is -2.43. The molecule has 2 aliphatic heterocycles. The van der Waals surface area contributed by atoms with E-state index in [0.717, 1.165) is 41.7 Å². The summed E-state index contributed by atoms with van der Waals surface area (Å²) in [6.07, 6.45) is 0.668. The number of aliphatic carboxylic acids is 1. The van der Waals surface area contributed by atoms with Crippen molar-refractivity contribution in [3.05, 3.63) is 72.6 Å². The summed E-state index contributed by atoms with van der Waals surface area (Å²) in [6.45, 7) is 5.09. The smallest absolute Gasteiger partial charge is 0.327 e. The SMILES string of the molecule is Cc1ccccc1NC(=O)COc1ccc(Br)cc1[C@H]1c2sc(=O)[nH]c2SC2C3CC(C4C(=O)N(C(C(=O)O)C(C)C)C(=O)C34)C21. The number of anilines is 1. The van der Waals surface area contributed by atoms with Gasteiger partial charge in [0.1, 0.15) is 11.8 Å². The highest BCUT2D eigenvalue weighted by atomic mass is 79.9. The van der Waals surface area contributed by atoms with E-state index in [9.17, 15) is 29.1 Å². The number of fused-ring (bicyclic) bond motifs is 9. The summed E-state index contributed by atoms with van der Waals surface area (Å²) in [4.78, 5) is 70.4. The van der Waals surface area contributed by atoms with Crippen LogP contribution in [0, 0.1) is 42.4 Å². The monoisotopic (exact) mass is 725 g/mol. The van der Waals surface area contributed by atoms with Crippen molar-refractivity contribution in [3.8, 4) is 5.75 Å². The van der Waals surface area contributed by atoms with Gasteiger partial charge in [-0.15, -0.1) is 11.8 Å². The van der Waals surface area contributed by atoms with E-state index >= 15 is 0 Å². The van der Waals surface area contributed by atoms with Gasteiger partial charge in [0.05, 0.1) is 16.9 Å². The van der Waals surface area contributed by atoms with Crippen LogP contribution in [0.15, 0.2) is 56.8 Å². The van der Waals surface area contributed by atoms with Gasteiger partial charge >= 0.3 is 10.8 Å². The molecule has 2 aromatic carbocycles. The summed E-state index contributed by atoms with van der Waals surface area (Å²) >= 11 is 6.28. The molecule has 13 heteroatoms. The number of carboxylic acid groups (broad SMARTS) is 1. The van der Waals surface area contributed by atoms with E-state index in [-0.39, 0.29) is 46.3 Å². The number of aromatic amines is 1. The maximum Gasteiger partial charge on any atom is 0.327 e. The number of H-pyrrole nitrogens is 1. The molecule has 46 heavy (non-hydrogen) atoms. The van der Waals surface area contributed by atoms with Crippen molar-refractivity contribution in [2.45, 2.75) is 49.4 Å². The Morgan fingerprint density at radius 1 is 1.11 bits per heavy atom. The number of imide groups is 1. The number of aromatic nitrogens is 1. The first-order valence-corrected chi connectivity index (χ1v) is 17.7. The van der Waals surface area contributed by atoms with Gasteiger partial charge in [-0.2, -0.15) is 0 Å². The number of para-hydroxylation sites is 1. The van der Waals surface area contributed by atoms with Crippen molar-refractivity contribution < 1.29 is 29.0 Å². The van der Waals surface area contributed by atoms with E-state index in [0.29, 0.717) is 17.9 Å². The molecule has 3 aromatic rings. The number of nitrogens with one attached hydrogen (secondary N) is 2. The van der Waals surface area contributed by atoms with Crippen molar-refractivity contribution in [1.82, 2.24) is 9.88 Å². The number of nitrogens with zero attached hydrogens (tertiary/aromatic N) is 1. The lowest BCUT2D eigenvalue weighted by molar-refractivity contribution is -0.157. The van der Waals surface area contributed by atoms with Crippen LogP contribution in [0.2, 0.25) is 0 Å². The van der Waals surface area contributed by atoms with Gasteiger partial charge in [0, 0.05) is 31.8 Å². The minimum Gasteiger partial charge on any atom is -0.483 e. The lowest BCUT2D eigenvalue weighted by atomic mass is 9.68. The number of aryl methyl sites for hydroxylation is 1. The normalized spacial score (nSPS) is 28.2. The van der Waals surface area contributed by atoms with Gasteiger partial charge in [0.25, 0.3) is 5.91 Å². The van der Waals surface area contributed by atoms with E-state index in [1.54, 1.807) is 31.7 Å². The van der Waals surface area contributed by atoms with Crippen LogP contribution in [0.5, 0.6) is 5.75 Å². The zero-order valence-corrected chi connectivity index (χ0v) is 28.4. The molecule has 0 spiro atoms. The first kappa shape index (κ1) is 31.2. The van der Waals surface area contributed by atoms with E-state index < -0.39 is 41.6 Å². The number of hydrogen-bond donors (Lipinski definition) is 3. The molecular formula is C33H32BrN3O7S2. The summed E-state index contributed by atoms with van der Waals surface area (Å²) in [5, 5.41) is 13.5. The fourth-order valence-corrected chi connectivity index (χ4v) is 11.6. The van der Waals surface area contributed by atoms with E-state index in [4.69, 9.17) is 4.74 Å². The van der Waals surface area contributed by atoms with Crippen LogP contribution in [0.3, 0.4) is 0 Å². The first-order valence-electron chi connectivity index (χ1n) is 15.2. The molecule has 3 fully saturated rings. The summed E-state index contributed by atoms with van der Waals surface area (Å²) < 4.78 is 6.97. The number of halogens is 1. The molecule has 1 aromatic heterocycles. The topological polar surface area (TPSA) is 146 Å². The van der Waals surface area contributed by atoms with Crippen LogP contribution >= 0.6 is 39.0 Å². The minimum absolute atomic E-state index is 0.0794. The molecule has 7 unspecified atom stereocenters. The van der Waals surface area contributed by atoms with Crippen molar-refractivity contribution in [2.75, 3.05) is 11.9 Å². The molecular weight excluding hydrogens is 694 g/mol. The third-order valence-electron chi connectivity index (χ3n) is 10.0. The molecule has 2 aliphatic carbocycles. The molecule has 3 N–H and O–H groups in total. The van der Waals surface area contributed by atoms with Crippen molar-refractivity contribution >= 4 is 68.4 Å². The zero-order valence-electron chi connectivity index (χ0n) is 25.2. The fraction of sp³-hybridized carbons (Fsp3) is 0.424. The quantitative estimate of drug-likeness (QED) is 0.272. The second-order valence-corrected chi connectivity index (χ2v) is 16.0. The molecule has 1 saturated heterocycles. The number of carboxylic acids is 1. The van der Waals surface area contributed by atoms with Gasteiger partial charge in [-0.05, 0) is 66.8 Å². The summed E-state index contributed by atoms with van der Waals surface area (Å²) in [7, 11) is 0. The Labute approximate surface area is 281 Å². The van der Waals surface area contributed by atoms with Gasteiger partial charge in [0.15, 0.2) is 6.61 Å². The predicted molar refractivity (Wildman–Crippen MR) is 176 cm³/mol. The van der Waals surface area contributed by atoms with Crippen LogP contribution in [0.25, 0.3) is 0 Å². The first-order chi connectivity index (χ1) is 22.0. The largest absolute Gasteiger partial charge is 0.483 e. The third kappa shape index (κ3) is 4.93. The molecule has 4 aliphatic rings. The molecule has 8 atom stereocenters. The number of thioether (sulfide) groups is 1. The average molecular weight is 727 g/mol. The average Bonchev–Trinajstić information content (AvgIpc) is 3.73. The highest BCUT2D eigenvalue weighted by molar-refractivity contribution is 9.10. The van der Waals surface area contributed by atoms with Gasteiger partial charge in [0.2, 0.25) is 11.8 Å². The van der Waals surface area contributed by atoms with Crippen LogP contribution < -0.4 is 14.9 Å². The Kier molecular flexibility index (Phi) is 7.92. The van der Waals surface area contributed by atoms with Crippen LogP contribution in [0.1, 0.15) is 42.2 Å². The Hall–Kier alpha value is -3.42. The zero-order chi connectivity index (χ0) is 32.6. The standard InChI is InChI=1S/C33H32BrN3O7S2/c1-13(2)26(32(41)42)37-30(39)24-17-11-18(25(24)31(37)40)27-23(17)22(28-29(45-27)36-33(43)46-28)16-10-15(34)8-9-20(16)44-12-21(38)35-19-7-5-4-6-14(19)3/h4-10,13,17-18,22-27H,11-12H2,1-3H3,(H,35,38)(H,36,43)(H,41,42)/t17?,18?,22-,23?,24?,25?,26?,27?/m1/s1. The van der Waals surface area contributed by atoms with E-state index in [1.165, 1.54) is 0 Å². The molecule has 7 rings (SSSR count). The molecule has 3 amide bonds. The van der Waals surface area contributed by atoms with Gasteiger partial charge in [-0.1, -0.05) is 59.3 Å². The van der Waals surface area contributed by atoms with Crippen LogP contribution in [0.4, 0.5) is 5.69 Å². The number of ether oxygens (including phenoxy) is 1. The van der Waals surface area contributed by atoms with Crippen molar-refractivity contribution in [2.24, 2.45) is 35.5 Å². The highest BCUT2D eigenvalue weighted by Crippen LogP contribution is 2.69. The fourth-order valence-electron chi connectivity index (χ4n) is 8.29. The number of hydrogen-bond acceptors (Lipinski definition) is 8. The molecule has 3 heterocycles. The van der Waals surface area contributed by atoms with E-state index in [1.807, 2.05) is 43.3 Å². The number of amides is 3. The number of likely N-dealkylation sites (tertiary alicyclic amines) is 1. The Balaban J connectivity index is 1.24. The number of thiazole rings is 1. The lowest BCUT2D eigenvalue weighted by Crippen LogP contribution is -2.49. The molecule has 0 radical (unpaired) electrons. The Bertz CT molecular complexity index is 1840. The van der Waals surface area contributed by atoms with Gasteiger partial charge in [-0.3, -0.25) is 24.1 Å². The Morgan fingerprint density at radius 2 is 1.83 bits per heavy atom. The second-order valence-electron chi connectivity index (χ2n) is 12.9. The second kappa shape index (κ2) is 11.7. The molecule has 2 saturated carbocycles. The summed E-state index contributed by atoms with van der Waals surface area (Å²) in [6, 6.07) is 11.8. The van der Waals surface area contributed by atoms with Gasteiger partial charge < -0.3 is 20.1 Å². The van der Waals surface area contributed by atoms with Gasteiger partial charge in [-0.25, -0.2) is 4.79 Å². The van der Waals surface area contributed by atoms with Crippen LogP contribution in [-0.2, 0) is 19.2 Å². The van der Waals surface area contributed by atoms with Crippen molar-refractivity contribution in [3.63, 3.8) is 0 Å². The Morgan fingerprint density at radius 3 is 2.52 bits per heavy atom. The summed E-state index contributed by atoms with van der Waals surface area (Å²) in [5.74, 6) is -4.24. The van der Waals surface area contributed by atoms with Crippen molar-refractivity contribution in [1.29, 1.82) is 0 Å². The third-order valence-corrected chi connectivity index (χ3v) is 13.1. The highest BCUT2D eigenvalue weighted by Gasteiger charge is 2.70. The maximum absolute atomic E-state index is 14.0. The number of benzene rings is 2. The molecule has 2 bridgehead atoms. The number of carbonyl (C=O) groups is 4. The number of rotatable bonds is 8. The molecule has 10 nitrogen and oxygen atoms in total. The minimum atomic E-state index is -1.22. The summed E-state index contributed by atoms with van der Waals surface area (Å²) in [5.41, 5.74) is 2.41. The van der Waals surface area contributed by atoms with Crippen LogP contribution in [-0.4, -0.2) is 56.6 Å². The maximum atomic E-state index is 14.0. The molecule has 240 valence electrons. The van der Waals surface area contributed by atoms with E-state index in [2.05, 4.69) is 26.2 Å².